The Balaban J connectivity index is 1.42. The fourth-order valence-electron chi connectivity index (χ4n) is 4.84. The minimum Gasteiger partial charge on any atom is -0.478 e. The molecule has 0 bridgehead atoms. The van der Waals surface area contributed by atoms with Crippen LogP contribution in [0.2, 0.25) is 5.02 Å². The molecule has 0 aliphatic carbocycles. The Bertz CT molecular complexity index is 1360. The average molecular weight is 562 g/mol. The molecule has 0 saturated carbocycles. The molecule has 0 spiro atoms. The Morgan fingerprint density at radius 3 is 2.00 bits per heavy atom. The molecule has 4 rings (SSSR count). The van der Waals surface area contributed by atoms with Crippen LogP contribution in [-0.2, 0) is 23.8 Å². The molecule has 208 valence electrons. The second-order valence-electron chi connectivity index (χ2n) is 9.41. The third kappa shape index (κ3) is 6.99. The Morgan fingerprint density at radius 1 is 0.850 bits per heavy atom. The Kier molecular flexibility index (Phi) is 9.77. The summed E-state index contributed by atoms with van der Waals surface area (Å²) in [5.74, 6) is -2.68. The fourth-order valence-corrected chi connectivity index (χ4v) is 5.04. The van der Waals surface area contributed by atoms with E-state index in [1.165, 1.54) is 0 Å². The third-order valence-electron chi connectivity index (χ3n) is 6.59. The lowest BCUT2D eigenvalue weighted by Gasteiger charge is -2.30. The Morgan fingerprint density at radius 2 is 1.43 bits per heavy atom. The molecule has 2 atom stereocenters. The van der Waals surface area contributed by atoms with E-state index in [1.54, 1.807) is 45.0 Å². The molecule has 0 amide bonds. The van der Waals surface area contributed by atoms with Gasteiger partial charge in [0.05, 0.1) is 30.3 Å². The highest BCUT2D eigenvalue weighted by molar-refractivity contribution is 6.30. The highest BCUT2D eigenvalue weighted by Crippen LogP contribution is 2.39. The molecule has 1 aliphatic heterocycles. The predicted octanol–water partition coefficient (Wildman–Crippen LogP) is 6.37. The molecule has 1 heterocycles. The van der Waals surface area contributed by atoms with Crippen molar-refractivity contribution in [3.63, 3.8) is 0 Å². The number of hydrogen-bond donors (Lipinski definition) is 2. The van der Waals surface area contributed by atoms with Crippen LogP contribution < -0.4 is 5.32 Å². The molecular weight excluding hydrogens is 530 g/mol. The van der Waals surface area contributed by atoms with Crippen LogP contribution in [0.25, 0.3) is 0 Å². The fraction of sp³-hybridized carbons (Fsp3) is 0.250. The summed E-state index contributed by atoms with van der Waals surface area (Å²) >= 11 is 6.20. The van der Waals surface area contributed by atoms with Crippen molar-refractivity contribution in [3.8, 4) is 0 Å². The van der Waals surface area contributed by atoms with Crippen molar-refractivity contribution in [2.45, 2.75) is 39.1 Å². The maximum absolute atomic E-state index is 13.4. The van der Waals surface area contributed by atoms with E-state index in [9.17, 15) is 14.7 Å². The van der Waals surface area contributed by atoms with Gasteiger partial charge in [-0.3, -0.25) is 0 Å². The first-order valence-electron chi connectivity index (χ1n) is 13.0. The van der Waals surface area contributed by atoms with Crippen molar-refractivity contribution in [1.82, 2.24) is 5.32 Å². The Labute approximate surface area is 239 Å². The van der Waals surface area contributed by atoms with Crippen LogP contribution >= 0.6 is 11.6 Å². The van der Waals surface area contributed by atoms with E-state index in [2.05, 4.69) is 5.32 Å². The number of allylic oxidation sites excluding steroid dienone is 2. The minimum absolute atomic E-state index is 0.0506. The summed E-state index contributed by atoms with van der Waals surface area (Å²) in [5, 5.41) is 13.4. The van der Waals surface area contributed by atoms with E-state index in [-0.39, 0.29) is 30.5 Å². The molecule has 0 radical (unpaired) electrons. The second-order valence-corrected chi connectivity index (χ2v) is 9.85. The lowest BCUT2D eigenvalue weighted by atomic mass is 9.80. The maximum atomic E-state index is 13.4. The molecule has 1 aliphatic rings. The topological polar surface area (TPSA) is 94.1 Å². The Hall–Kier alpha value is -3.91. The number of carboxylic acid groups (broad SMARTS) is 1. The zero-order valence-electron chi connectivity index (χ0n) is 22.6. The highest BCUT2D eigenvalue weighted by atomic mass is 35.5. The van der Waals surface area contributed by atoms with Gasteiger partial charge in [0.15, 0.2) is 0 Å². The number of carboxylic acids is 1. The number of hydrogen-bond acceptors (Lipinski definition) is 6. The van der Waals surface area contributed by atoms with Crippen LogP contribution in [0.4, 0.5) is 0 Å². The second kappa shape index (κ2) is 13.4. The van der Waals surface area contributed by atoms with Crippen molar-refractivity contribution in [2.75, 3.05) is 13.2 Å². The number of dihydropyridines is 1. The van der Waals surface area contributed by atoms with Crippen molar-refractivity contribution in [1.29, 1.82) is 0 Å². The smallest absolute Gasteiger partial charge is 0.339 e. The number of aliphatic carboxylic acids is 1. The number of carbonyl (C=O) groups excluding carboxylic acids is 1. The number of halogens is 1. The van der Waals surface area contributed by atoms with Crippen molar-refractivity contribution in [2.24, 2.45) is 0 Å². The van der Waals surface area contributed by atoms with Gasteiger partial charge in [-0.1, -0.05) is 84.4 Å². The van der Waals surface area contributed by atoms with Gasteiger partial charge in [-0.2, -0.15) is 0 Å². The van der Waals surface area contributed by atoms with Crippen LogP contribution in [0, 0.1) is 0 Å². The van der Waals surface area contributed by atoms with Crippen LogP contribution in [-0.4, -0.2) is 36.5 Å². The number of benzene rings is 3. The predicted molar refractivity (Wildman–Crippen MR) is 153 cm³/mol. The monoisotopic (exact) mass is 561 g/mol. The normalized spacial score (nSPS) is 16.1. The third-order valence-corrected chi connectivity index (χ3v) is 6.83. The molecule has 0 aromatic heterocycles. The quantitative estimate of drug-likeness (QED) is 0.159. The van der Waals surface area contributed by atoms with Gasteiger partial charge in [0.1, 0.15) is 6.10 Å². The SMILES string of the molecule is CC1=C(C(=O)O)C(c2cccc(Cl)c2)C(C(=O)OC(C)OCCOC(c2ccccc2)c2ccccc2)=C(C)N1. The first-order valence-corrected chi connectivity index (χ1v) is 13.4. The highest BCUT2D eigenvalue weighted by Gasteiger charge is 2.37. The summed E-state index contributed by atoms with van der Waals surface area (Å²) in [7, 11) is 0. The molecule has 2 unspecified atom stereocenters. The average Bonchev–Trinajstić information content (AvgIpc) is 2.93. The number of carbonyl (C=O) groups is 2. The van der Waals surface area contributed by atoms with Crippen LogP contribution in [0.1, 0.15) is 49.5 Å². The molecule has 0 saturated heterocycles. The summed E-state index contributed by atoms with van der Waals surface area (Å²) in [6.07, 6.45) is -1.17. The van der Waals surface area contributed by atoms with E-state index in [4.69, 9.17) is 25.8 Å². The van der Waals surface area contributed by atoms with Crippen molar-refractivity contribution >= 4 is 23.5 Å². The standard InChI is InChI=1S/C32H32ClNO6/c1-20-27(31(35)36)29(25-15-10-16-26(33)19-25)28(21(2)34-20)32(37)40-22(3)38-17-18-39-30(23-11-6-4-7-12-23)24-13-8-5-9-14-24/h4-16,19,22,29-30,34H,17-18H2,1-3H3,(H,35,36). The number of esters is 1. The summed E-state index contributed by atoms with van der Waals surface area (Å²) in [4.78, 5) is 25.6. The van der Waals surface area contributed by atoms with E-state index in [1.807, 2.05) is 60.7 Å². The van der Waals surface area contributed by atoms with Gasteiger partial charge in [0.25, 0.3) is 0 Å². The maximum Gasteiger partial charge on any atom is 0.339 e. The first-order chi connectivity index (χ1) is 19.3. The van der Waals surface area contributed by atoms with Crippen LogP contribution in [0.3, 0.4) is 0 Å². The molecule has 0 fully saturated rings. The molecule has 7 nitrogen and oxygen atoms in total. The number of rotatable bonds is 11. The van der Waals surface area contributed by atoms with E-state index in [0.717, 1.165) is 11.1 Å². The zero-order valence-corrected chi connectivity index (χ0v) is 23.4. The van der Waals surface area contributed by atoms with Gasteiger partial charge in [0, 0.05) is 16.4 Å². The molecule has 40 heavy (non-hydrogen) atoms. The van der Waals surface area contributed by atoms with Gasteiger partial charge in [-0.05, 0) is 49.6 Å². The van der Waals surface area contributed by atoms with Gasteiger partial charge < -0.3 is 24.6 Å². The summed E-state index contributed by atoms with van der Waals surface area (Å²) in [5.41, 5.74) is 3.79. The first kappa shape index (κ1) is 29.1. The zero-order chi connectivity index (χ0) is 28.6. The van der Waals surface area contributed by atoms with Crippen LogP contribution in [0.15, 0.2) is 107 Å². The largest absolute Gasteiger partial charge is 0.478 e. The van der Waals surface area contributed by atoms with E-state index in [0.29, 0.717) is 22.0 Å². The molecule has 3 aromatic carbocycles. The molecular formula is C32H32ClNO6. The lowest BCUT2D eigenvalue weighted by molar-refractivity contribution is -0.173. The summed E-state index contributed by atoms with van der Waals surface area (Å²) in [6, 6.07) is 26.6. The van der Waals surface area contributed by atoms with Gasteiger partial charge >= 0.3 is 11.9 Å². The molecule has 3 aromatic rings. The summed E-state index contributed by atoms with van der Waals surface area (Å²) < 4.78 is 17.5. The van der Waals surface area contributed by atoms with Gasteiger partial charge in [-0.25, -0.2) is 9.59 Å². The molecule has 8 heteroatoms. The number of ether oxygens (including phenoxy) is 3. The summed E-state index contributed by atoms with van der Waals surface area (Å²) in [6.45, 7) is 5.43. The number of nitrogens with one attached hydrogen (secondary N) is 1. The van der Waals surface area contributed by atoms with E-state index >= 15 is 0 Å². The lowest BCUT2D eigenvalue weighted by Crippen LogP contribution is -2.33. The van der Waals surface area contributed by atoms with Gasteiger partial charge in [0.2, 0.25) is 6.29 Å². The minimum atomic E-state index is -1.14. The van der Waals surface area contributed by atoms with E-state index < -0.39 is 24.1 Å². The van der Waals surface area contributed by atoms with Gasteiger partial charge in [-0.15, -0.1) is 0 Å². The van der Waals surface area contributed by atoms with Crippen molar-refractivity contribution < 1.29 is 28.9 Å². The van der Waals surface area contributed by atoms with Crippen LogP contribution in [0.5, 0.6) is 0 Å². The molecule has 2 N–H and O–H groups in total. The van der Waals surface area contributed by atoms with Crippen molar-refractivity contribution in [3.05, 3.63) is 129 Å².